The number of esters is 1. The van der Waals surface area contributed by atoms with Gasteiger partial charge in [0.05, 0.1) is 23.1 Å². The highest BCUT2D eigenvalue weighted by Crippen LogP contribution is 2.41. The summed E-state index contributed by atoms with van der Waals surface area (Å²) in [5.41, 5.74) is -0.487. The van der Waals surface area contributed by atoms with Gasteiger partial charge >= 0.3 is 12.1 Å². The molecule has 36 heavy (non-hydrogen) atoms. The van der Waals surface area contributed by atoms with Gasteiger partial charge in [0, 0.05) is 12.6 Å². The Hall–Kier alpha value is -3.53. The van der Waals surface area contributed by atoms with Crippen molar-refractivity contribution < 1.29 is 36.6 Å². The SMILES string of the molecule is CCOC(=O)c1ccc(Oc2c(C(F)(F)F)oc3c4c(ccc3c2=O)OCN(C2CCCC2)C4)cc1. The second kappa shape index (κ2) is 9.50. The number of fused-ring (bicyclic) bond motifs is 3. The summed E-state index contributed by atoms with van der Waals surface area (Å²) >= 11 is 0. The molecule has 1 fully saturated rings. The standard InChI is InChI=1S/C26H24F3NO6/c1-2-33-25(32)15-7-9-17(10-8-15)35-23-21(31)18-11-12-20-19(22(18)36-24(23)26(27,28)29)13-30(14-34-20)16-5-3-4-6-16/h7-12,16H,2-6,13-14H2,1H3. The zero-order chi connectivity index (χ0) is 25.4. The summed E-state index contributed by atoms with van der Waals surface area (Å²) in [5.74, 6) is -2.74. The zero-order valence-electron chi connectivity index (χ0n) is 19.5. The molecule has 2 aromatic carbocycles. The minimum absolute atomic E-state index is 0.0308. The van der Waals surface area contributed by atoms with Gasteiger partial charge in [-0.3, -0.25) is 9.69 Å². The molecule has 1 aliphatic heterocycles. The molecule has 7 nitrogen and oxygen atoms in total. The smallest absolute Gasteiger partial charge is 0.453 e. The van der Waals surface area contributed by atoms with Crippen molar-refractivity contribution in [3.05, 3.63) is 63.5 Å². The topological polar surface area (TPSA) is 78.2 Å². The fraction of sp³-hybridized carbons (Fsp3) is 0.385. The Kier molecular flexibility index (Phi) is 6.38. The lowest BCUT2D eigenvalue weighted by atomic mass is 10.1. The molecule has 5 rings (SSSR count). The number of ether oxygens (including phenoxy) is 3. The van der Waals surface area contributed by atoms with Crippen molar-refractivity contribution in [2.75, 3.05) is 13.3 Å². The van der Waals surface area contributed by atoms with Crippen molar-refractivity contribution in [1.82, 2.24) is 4.90 Å². The summed E-state index contributed by atoms with van der Waals surface area (Å²) in [6, 6.07) is 8.51. The van der Waals surface area contributed by atoms with E-state index < -0.39 is 29.1 Å². The lowest BCUT2D eigenvalue weighted by Gasteiger charge is -2.33. The van der Waals surface area contributed by atoms with Crippen LogP contribution < -0.4 is 14.9 Å². The Balaban J connectivity index is 1.55. The Labute approximate surface area is 204 Å². The molecule has 0 unspecified atom stereocenters. The lowest BCUT2D eigenvalue weighted by molar-refractivity contribution is -0.154. The highest BCUT2D eigenvalue weighted by Gasteiger charge is 2.41. The Morgan fingerprint density at radius 3 is 2.50 bits per heavy atom. The third-order valence-electron chi connectivity index (χ3n) is 6.51. The average molecular weight is 503 g/mol. The predicted molar refractivity (Wildman–Crippen MR) is 123 cm³/mol. The van der Waals surface area contributed by atoms with Gasteiger partial charge in [-0.05, 0) is 56.2 Å². The van der Waals surface area contributed by atoms with E-state index in [1.807, 2.05) is 0 Å². The van der Waals surface area contributed by atoms with Crippen LogP contribution in [-0.4, -0.2) is 30.2 Å². The summed E-state index contributed by atoms with van der Waals surface area (Å²) in [6.07, 6.45) is -0.810. The molecule has 2 heterocycles. The number of carbonyl (C=O) groups excluding carboxylic acids is 1. The van der Waals surface area contributed by atoms with Crippen molar-refractivity contribution in [2.45, 2.75) is 51.4 Å². The van der Waals surface area contributed by atoms with Crippen LogP contribution in [0.15, 0.2) is 45.6 Å². The number of alkyl halides is 3. The van der Waals surface area contributed by atoms with E-state index in [9.17, 15) is 22.8 Å². The fourth-order valence-electron chi connectivity index (χ4n) is 4.74. The Morgan fingerprint density at radius 1 is 1.11 bits per heavy atom. The molecule has 0 bridgehead atoms. The number of carbonyl (C=O) groups is 1. The molecule has 0 spiro atoms. The molecule has 0 radical (unpaired) electrons. The monoisotopic (exact) mass is 503 g/mol. The second-order valence-electron chi connectivity index (χ2n) is 8.81. The first-order chi connectivity index (χ1) is 17.3. The van der Waals surface area contributed by atoms with E-state index in [4.69, 9.17) is 18.6 Å². The molecule has 0 amide bonds. The van der Waals surface area contributed by atoms with Crippen molar-refractivity contribution >= 4 is 16.9 Å². The molecule has 190 valence electrons. The van der Waals surface area contributed by atoms with Gasteiger partial charge in [-0.2, -0.15) is 13.2 Å². The van der Waals surface area contributed by atoms with Gasteiger partial charge in [0.15, 0.2) is 0 Å². The number of rotatable bonds is 5. The van der Waals surface area contributed by atoms with Crippen LogP contribution in [-0.2, 0) is 17.5 Å². The van der Waals surface area contributed by atoms with Crippen LogP contribution in [0, 0.1) is 0 Å². The maximum absolute atomic E-state index is 14.1. The molecule has 3 aromatic rings. The molecular weight excluding hydrogens is 479 g/mol. The number of halogens is 3. The van der Waals surface area contributed by atoms with Crippen LogP contribution in [0.25, 0.3) is 11.0 Å². The van der Waals surface area contributed by atoms with Crippen LogP contribution >= 0.6 is 0 Å². The minimum atomic E-state index is -4.99. The van der Waals surface area contributed by atoms with E-state index in [0.29, 0.717) is 24.6 Å². The number of hydrogen-bond acceptors (Lipinski definition) is 7. The maximum atomic E-state index is 14.1. The normalized spacial score (nSPS) is 16.6. The number of nitrogens with zero attached hydrogens (tertiary/aromatic N) is 1. The average Bonchev–Trinajstić information content (AvgIpc) is 3.40. The quantitative estimate of drug-likeness (QED) is 0.403. The van der Waals surface area contributed by atoms with Gasteiger partial charge in [-0.25, -0.2) is 4.79 Å². The van der Waals surface area contributed by atoms with Gasteiger partial charge in [-0.1, -0.05) is 12.8 Å². The zero-order valence-corrected chi connectivity index (χ0v) is 19.5. The fourth-order valence-corrected chi connectivity index (χ4v) is 4.74. The lowest BCUT2D eigenvalue weighted by Crippen LogP contribution is -2.39. The molecule has 1 aromatic heterocycles. The van der Waals surface area contributed by atoms with Crippen molar-refractivity contribution in [3.8, 4) is 17.2 Å². The van der Waals surface area contributed by atoms with E-state index in [1.165, 1.54) is 30.3 Å². The number of hydrogen-bond donors (Lipinski definition) is 0. The van der Waals surface area contributed by atoms with Crippen molar-refractivity contribution in [1.29, 1.82) is 0 Å². The van der Waals surface area contributed by atoms with Crippen LogP contribution in [0.3, 0.4) is 0 Å². The van der Waals surface area contributed by atoms with Gasteiger partial charge in [0.2, 0.25) is 11.2 Å². The minimum Gasteiger partial charge on any atom is -0.478 e. The summed E-state index contributed by atoms with van der Waals surface area (Å²) in [5, 5.41) is -0.0308. The molecule has 0 saturated heterocycles. The van der Waals surface area contributed by atoms with E-state index in [2.05, 4.69) is 4.90 Å². The highest BCUT2D eigenvalue weighted by molar-refractivity contribution is 5.89. The van der Waals surface area contributed by atoms with E-state index >= 15 is 0 Å². The van der Waals surface area contributed by atoms with Gasteiger partial charge in [0.1, 0.15) is 23.8 Å². The molecule has 1 aliphatic carbocycles. The predicted octanol–water partition coefficient (Wildman–Crippen LogP) is 5.88. The van der Waals surface area contributed by atoms with Crippen LogP contribution in [0.5, 0.6) is 17.2 Å². The first-order valence-corrected chi connectivity index (χ1v) is 11.8. The molecular formula is C26H24F3NO6. The summed E-state index contributed by atoms with van der Waals surface area (Å²) in [6.45, 7) is 2.50. The van der Waals surface area contributed by atoms with Crippen LogP contribution in [0.1, 0.15) is 54.3 Å². The largest absolute Gasteiger partial charge is 0.478 e. The van der Waals surface area contributed by atoms with Crippen molar-refractivity contribution in [2.24, 2.45) is 0 Å². The maximum Gasteiger partial charge on any atom is 0.453 e. The highest BCUT2D eigenvalue weighted by atomic mass is 19.4. The van der Waals surface area contributed by atoms with Crippen LogP contribution in [0.2, 0.25) is 0 Å². The molecule has 0 atom stereocenters. The van der Waals surface area contributed by atoms with Gasteiger partial charge < -0.3 is 18.6 Å². The summed E-state index contributed by atoms with van der Waals surface area (Å²) in [7, 11) is 0. The van der Waals surface area contributed by atoms with Crippen LogP contribution in [0.4, 0.5) is 13.2 Å². The second-order valence-corrected chi connectivity index (χ2v) is 8.81. The van der Waals surface area contributed by atoms with Crippen molar-refractivity contribution in [3.63, 3.8) is 0 Å². The Bertz CT molecular complexity index is 1340. The van der Waals surface area contributed by atoms with Gasteiger partial charge in [-0.15, -0.1) is 0 Å². The molecule has 0 N–H and O–H groups in total. The molecule has 2 aliphatic rings. The third kappa shape index (κ3) is 4.53. The third-order valence-corrected chi connectivity index (χ3v) is 6.51. The first kappa shape index (κ1) is 24.2. The van der Waals surface area contributed by atoms with E-state index in [0.717, 1.165) is 25.7 Å². The van der Waals surface area contributed by atoms with E-state index in [-0.39, 0.29) is 34.9 Å². The molecule has 1 saturated carbocycles. The first-order valence-electron chi connectivity index (χ1n) is 11.8. The molecule has 10 heteroatoms. The number of benzene rings is 2. The van der Waals surface area contributed by atoms with Gasteiger partial charge in [0.25, 0.3) is 5.76 Å². The summed E-state index contributed by atoms with van der Waals surface area (Å²) in [4.78, 5) is 27.2. The summed E-state index contributed by atoms with van der Waals surface area (Å²) < 4.78 is 63.6. The Morgan fingerprint density at radius 2 is 1.83 bits per heavy atom. The van der Waals surface area contributed by atoms with E-state index in [1.54, 1.807) is 13.0 Å².